The zero-order chi connectivity index (χ0) is 23.5. The van der Waals surface area contributed by atoms with Gasteiger partial charge in [-0.15, -0.1) is 0 Å². The fraction of sp³-hybridized carbons (Fsp3) is 0.0800. The van der Waals surface area contributed by atoms with E-state index in [1.54, 1.807) is 36.5 Å². The lowest BCUT2D eigenvalue weighted by Crippen LogP contribution is -2.22. The summed E-state index contributed by atoms with van der Waals surface area (Å²) in [6.45, 7) is 1.19. The van der Waals surface area contributed by atoms with Crippen LogP contribution < -0.4 is 25.5 Å². The summed E-state index contributed by atoms with van der Waals surface area (Å²) in [6, 6.07) is 13.9. The third kappa shape index (κ3) is 4.31. The smallest absolute Gasteiger partial charge is 0.261 e. The van der Waals surface area contributed by atoms with Crippen molar-refractivity contribution in [2.45, 2.75) is 0 Å². The third-order valence-corrected chi connectivity index (χ3v) is 5.19. The van der Waals surface area contributed by atoms with Crippen LogP contribution in [0.2, 0.25) is 0 Å². The number of hydrogen-bond acceptors (Lipinski definition) is 6. The molecule has 4 aromatic rings. The number of nitrogens with zero attached hydrogens (tertiary/aromatic N) is 1. The van der Waals surface area contributed by atoms with Gasteiger partial charge in [-0.05, 0) is 42.0 Å². The number of benzene rings is 2. The highest BCUT2D eigenvalue weighted by Gasteiger charge is 2.18. The van der Waals surface area contributed by atoms with Crippen molar-refractivity contribution in [1.82, 2.24) is 9.97 Å². The van der Waals surface area contributed by atoms with E-state index in [1.807, 2.05) is 0 Å². The van der Waals surface area contributed by atoms with E-state index in [1.165, 1.54) is 36.7 Å². The van der Waals surface area contributed by atoms with Crippen molar-refractivity contribution >= 4 is 17.4 Å². The Balaban J connectivity index is 1.31. The first-order chi connectivity index (χ1) is 16.6. The van der Waals surface area contributed by atoms with Crippen LogP contribution in [0.5, 0.6) is 17.2 Å². The number of halogens is 1. The van der Waals surface area contributed by atoms with E-state index in [-0.39, 0.29) is 11.1 Å². The number of aromatic nitrogens is 2. The number of aromatic amines is 1. The van der Waals surface area contributed by atoms with Gasteiger partial charge in [0.25, 0.3) is 5.91 Å². The molecule has 2 aromatic heterocycles. The van der Waals surface area contributed by atoms with E-state index in [0.717, 1.165) is 0 Å². The Morgan fingerprint density at radius 1 is 1.06 bits per heavy atom. The van der Waals surface area contributed by atoms with Gasteiger partial charge in [0, 0.05) is 35.9 Å². The van der Waals surface area contributed by atoms with Crippen LogP contribution in [0.4, 0.5) is 15.9 Å². The van der Waals surface area contributed by atoms with E-state index >= 15 is 0 Å². The number of carbonyl (C=O) groups is 1. The Morgan fingerprint density at radius 3 is 2.65 bits per heavy atom. The second-order valence-electron chi connectivity index (χ2n) is 7.46. The maximum atomic E-state index is 13.2. The lowest BCUT2D eigenvalue weighted by molar-refractivity contribution is 0.102. The molecule has 0 saturated heterocycles. The van der Waals surface area contributed by atoms with E-state index in [4.69, 9.17) is 9.47 Å². The lowest BCUT2D eigenvalue weighted by atomic mass is 10.0. The molecule has 1 aliphatic heterocycles. The molecule has 0 bridgehead atoms. The van der Waals surface area contributed by atoms with Crippen LogP contribution in [-0.4, -0.2) is 29.0 Å². The minimum absolute atomic E-state index is 0.0600. The number of fused-ring (bicyclic) bond motifs is 1. The quantitative estimate of drug-likeness (QED) is 0.409. The maximum absolute atomic E-state index is 13.2. The van der Waals surface area contributed by atoms with Gasteiger partial charge in [0.1, 0.15) is 23.7 Å². The first kappa shape index (κ1) is 21.2. The van der Waals surface area contributed by atoms with Gasteiger partial charge in [-0.3, -0.25) is 9.59 Å². The number of rotatable bonds is 5. The predicted octanol–water partition coefficient (Wildman–Crippen LogP) is 4.42. The van der Waals surface area contributed by atoms with Gasteiger partial charge in [0.05, 0.1) is 6.54 Å². The van der Waals surface area contributed by atoms with E-state index < -0.39 is 17.2 Å². The molecule has 170 valence electrons. The Hall–Kier alpha value is -4.66. The molecular formula is C25H19FN4O4. The van der Waals surface area contributed by atoms with Crippen molar-refractivity contribution in [2.24, 2.45) is 0 Å². The molecule has 1 aliphatic rings. The molecule has 0 atom stereocenters. The number of hydrogen-bond donors (Lipinski definition) is 3. The molecule has 5 rings (SSSR count). The SMILES string of the molecule is O=C(Nc1ccc(Oc2ccnc3c2OCCN3)cc1)c1c[nH]cc(-c2ccc(F)cc2)c1=O. The summed E-state index contributed by atoms with van der Waals surface area (Å²) in [5, 5.41) is 5.86. The summed E-state index contributed by atoms with van der Waals surface area (Å²) in [5.74, 6) is 1.26. The Morgan fingerprint density at radius 2 is 1.85 bits per heavy atom. The normalized spacial score (nSPS) is 12.1. The molecule has 0 fully saturated rings. The van der Waals surface area contributed by atoms with Crippen LogP contribution in [-0.2, 0) is 0 Å². The highest BCUT2D eigenvalue weighted by Crippen LogP contribution is 2.38. The van der Waals surface area contributed by atoms with Gasteiger partial charge in [-0.2, -0.15) is 0 Å². The van der Waals surface area contributed by atoms with Crippen molar-refractivity contribution in [3.8, 4) is 28.4 Å². The zero-order valence-electron chi connectivity index (χ0n) is 17.8. The number of pyridine rings is 2. The minimum atomic E-state index is -0.568. The largest absolute Gasteiger partial charge is 0.485 e. The van der Waals surface area contributed by atoms with Crippen LogP contribution in [0.15, 0.2) is 78.0 Å². The Kier molecular flexibility index (Phi) is 5.65. The molecule has 0 saturated carbocycles. The maximum Gasteiger partial charge on any atom is 0.261 e. The minimum Gasteiger partial charge on any atom is -0.485 e. The number of anilines is 2. The number of nitrogens with one attached hydrogen (secondary N) is 3. The number of carbonyl (C=O) groups excluding carboxylic acids is 1. The van der Waals surface area contributed by atoms with E-state index in [2.05, 4.69) is 20.6 Å². The van der Waals surface area contributed by atoms with Gasteiger partial charge in [0.2, 0.25) is 11.2 Å². The van der Waals surface area contributed by atoms with Crippen LogP contribution >= 0.6 is 0 Å². The molecule has 1 amide bonds. The van der Waals surface area contributed by atoms with Gasteiger partial charge < -0.3 is 25.1 Å². The molecule has 3 N–H and O–H groups in total. The van der Waals surface area contributed by atoms with Gasteiger partial charge >= 0.3 is 0 Å². The second kappa shape index (κ2) is 9.07. The molecule has 8 nitrogen and oxygen atoms in total. The molecule has 9 heteroatoms. The topological polar surface area (TPSA) is 105 Å². The predicted molar refractivity (Wildman–Crippen MR) is 125 cm³/mol. The summed E-state index contributed by atoms with van der Waals surface area (Å²) in [7, 11) is 0. The van der Waals surface area contributed by atoms with Crippen molar-refractivity contribution in [1.29, 1.82) is 0 Å². The summed E-state index contributed by atoms with van der Waals surface area (Å²) >= 11 is 0. The van der Waals surface area contributed by atoms with E-state index in [9.17, 15) is 14.0 Å². The summed E-state index contributed by atoms with van der Waals surface area (Å²) in [6.07, 6.45) is 4.44. The average Bonchev–Trinajstić information content (AvgIpc) is 2.86. The van der Waals surface area contributed by atoms with Crippen LogP contribution in [0.1, 0.15) is 10.4 Å². The second-order valence-corrected chi connectivity index (χ2v) is 7.46. The van der Waals surface area contributed by atoms with Crippen molar-refractivity contribution in [2.75, 3.05) is 23.8 Å². The highest BCUT2D eigenvalue weighted by molar-refractivity contribution is 6.04. The standard InChI is InChI=1S/C25H19FN4O4/c26-16-3-1-15(2-4-16)19-13-27-14-20(22(19)31)25(32)30-17-5-7-18(8-6-17)34-21-9-10-28-24-23(21)33-12-11-29-24/h1-10,13-14H,11-12H2,(H,27,31)(H,28,29)(H,30,32). The summed E-state index contributed by atoms with van der Waals surface area (Å²) in [4.78, 5) is 32.6. The van der Waals surface area contributed by atoms with Crippen LogP contribution in [0.25, 0.3) is 11.1 Å². The van der Waals surface area contributed by atoms with Gasteiger partial charge in [0.15, 0.2) is 11.6 Å². The Labute approximate surface area is 193 Å². The highest BCUT2D eigenvalue weighted by atomic mass is 19.1. The first-order valence-electron chi connectivity index (χ1n) is 10.5. The molecule has 34 heavy (non-hydrogen) atoms. The summed E-state index contributed by atoms with van der Waals surface area (Å²) < 4.78 is 24.8. The molecule has 0 radical (unpaired) electrons. The van der Waals surface area contributed by atoms with Gasteiger partial charge in [-0.1, -0.05) is 12.1 Å². The van der Waals surface area contributed by atoms with Crippen LogP contribution in [0, 0.1) is 5.82 Å². The first-order valence-corrected chi connectivity index (χ1v) is 10.5. The summed E-state index contributed by atoms with van der Waals surface area (Å²) in [5.41, 5.74) is 0.748. The third-order valence-electron chi connectivity index (χ3n) is 5.19. The van der Waals surface area contributed by atoms with Crippen molar-refractivity contribution in [3.63, 3.8) is 0 Å². The molecule has 3 heterocycles. The molecular weight excluding hydrogens is 439 g/mol. The monoisotopic (exact) mass is 458 g/mol. The molecule has 0 spiro atoms. The van der Waals surface area contributed by atoms with E-state index in [0.29, 0.717) is 47.5 Å². The lowest BCUT2D eigenvalue weighted by Gasteiger charge is -2.20. The van der Waals surface area contributed by atoms with Gasteiger partial charge in [-0.25, -0.2) is 9.37 Å². The number of amides is 1. The number of ether oxygens (including phenoxy) is 2. The average molecular weight is 458 g/mol. The fourth-order valence-corrected chi connectivity index (χ4v) is 3.53. The van der Waals surface area contributed by atoms with Crippen molar-refractivity contribution < 1.29 is 18.7 Å². The fourth-order valence-electron chi connectivity index (χ4n) is 3.53. The molecule has 2 aromatic carbocycles. The zero-order valence-corrected chi connectivity index (χ0v) is 17.8. The molecule has 0 unspecified atom stereocenters. The number of H-pyrrole nitrogens is 1. The van der Waals surface area contributed by atoms with Crippen molar-refractivity contribution in [3.05, 3.63) is 94.8 Å². The Bertz CT molecular complexity index is 1400. The molecule has 0 aliphatic carbocycles. The van der Waals surface area contributed by atoms with Crippen LogP contribution in [0.3, 0.4) is 0 Å².